The van der Waals surface area contributed by atoms with Gasteiger partial charge in [-0.3, -0.25) is 14.5 Å². The van der Waals surface area contributed by atoms with Crippen molar-refractivity contribution in [3.63, 3.8) is 0 Å². The SMILES string of the molecule is O=Cc1ccc(/C=C2\SC(=S)N([C@@H](Cc3ccccc3)C(=O)[O-])C2=O)cc1. The predicted octanol–water partition coefficient (Wildman–Crippen LogP) is 2.06. The first kappa shape index (κ1) is 19.0. The lowest BCUT2D eigenvalue weighted by atomic mass is 10.0. The minimum Gasteiger partial charge on any atom is -0.548 e. The van der Waals surface area contributed by atoms with Gasteiger partial charge in [-0.25, -0.2) is 0 Å². The lowest BCUT2D eigenvalue weighted by Crippen LogP contribution is -2.51. The molecule has 0 radical (unpaired) electrons. The zero-order chi connectivity index (χ0) is 19.4. The molecule has 5 nitrogen and oxygen atoms in total. The number of aliphatic carboxylic acids is 1. The van der Waals surface area contributed by atoms with E-state index in [0.29, 0.717) is 16.0 Å². The molecule has 27 heavy (non-hydrogen) atoms. The van der Waals surface area contributed by atoms with Gasteiger partial charge in [0.1, 0.15) is 10.6 Å². The van der Waals surface area contributed by atoms with Crippen LogP contribution in [0.25, 0.3) is 6.08 Å². The molecule has 0 spiro atoms. The third kappa shape index (κ3) is 4.32. The predicted molar refractivity (Wildman–Crippen MR) is 106 cm³/mol. The molecule has 0 bridgehead atoms. The molecule has 1 aliphatic heterocycles. The summed E-state index contributed by atoms with van der Waals surface area (Å²) < 4.78 is 0.181. The van der Waals surface area contributed by atoms with E-state index >= 15 is 0 Å². The number of carbonyl (C=O) groups excluding carboxylic acids is 3. The average molecular weight is 396 g/mol. The molecule has 1 fully saturated rings. The largest absolute Gasteiger partial charge is 0.548 e. The van der Waals surface area contributed by atoms with Gasteiger partial charge in [-0.1, -0.05) is 78.6 Å². The van der Waals surface area contributed by atoms with Gasteiger partial charge in [-0.05, 0) is 23.6 Å². The molecule has 0 unspecified atom stereocenters. The molecule has 1 heterocycles. The van der Waals surface area contributed by atoms with Crippen molar-refractivity contribution in [2.75, 3.05) is 0 Å². The minimum absolute atomic E-state index is 0.108. The molecule has 136 valence electrons. The van der Waals surface area contributed by atoms with Crippen LogP contribution in [-0.4, -0.2) is 33.4 Å². The van der Waals surface area contributed by atoms with Crippen LogP contribution >= 0.6 is 24.0 Å². The zero-order valence-corrected chi connectivity index (χ0v) is 15.7. The van der Waals surface area contributed by atoms with Gasteiger partial charge in [-0.15, -0.1) is 0 Å². The number of carboxylic acid groups (broad SMARTS) is 1. The Morgan fingerprint density at radius 1 is 1.11 bits per heavy atom. The average Bonchev–Trinajstić information content (AvgIpc) is 2.94. The number of amides is 1. The van der Waals surface area contributed by atoms with Crippen LogP contribution in [0.4, 0.5) is 0 Å². The fraction of sp³-hybridized carbons (Fsp3) is 0.100. The molecule has 0 aliphatic carbocycles. The second kappa shape index (κ2) is 8.28. The first-order valence-electron chi connectivity index (χ1n) is 8.06. The van der Waals surface area contributed by atoms with Crippen LogP contribution in [0, 0.1) is 0 Å². The van der Waals surface area contributed by atoms with Crippen molar-refractivity contribution < 1.29 is 19.5 Å². The molecule has 2 aromatic carbocycles. The number of thiocarbonyl (C=S) groups is 1. The first-order chi connectivity index (χ1) is 13.0. The molecule has 1 amide bonds. The van der Waals surface area contributed by atoms with Crippen LogP contribution in [0.15, 0.2) is 59.5 Å². The Hall–Kier alpha value is -2.77. The van der Waals surface area contributed by atoms with E-state index in [4.69, 9.17) is 12.2 Å². The highest BCUT2D eigenvalue weighted by atomic mass is 32.2. The summed E-state index contributed by atoms with van der Waals surface area (Å²) in [5.41, 5.74) is 2.02. The summed E-state index contributed by atoms with van der Waals surface area (Å²) in [6, 6.07) is 14.5. The maximum absolute atomic E-state index is 12.8. The van der Waals surface area contributed by atoms with Crippen molar-refractivity contribution in [2.45, 2.75) is 12.5 Å². The van der Waals surface area contributed by atoms with E-state index in [-0.39, 0.29) is 10.7 Å². The van der Waals surface area contributed by atoms with E-state index in [0.717, 1.165) is 28.5 Å². The van der Waals surface area contributed by atoms with Crippen molar-refractivity contribution in [3.05, 3.63) is 76.2 Å². The summed E-state index contributed by atoms with van der Waals surface area (Å²) in [6.45, 7) is 0. The van der Waals surface area contributed by atoms with Gasteiger partial charge >= 0.3 is 0 Å². The van der Waals surface area contributed by atoms with E-state index in [9.17, 15) is 19.5 Å². The Bertz CT molecular complexity index is 923. The molecular weight excluding hydrogens is 382 g/mol. The van der Waals surface area contributed by atoms with Gasteiger partial charge in [0.15, 0.2) is 0 Å². The van der Waals surface area contributed by atoms with Crippen LogP contribution < -0.4 is 5.11 Å². The third-order valence-corrected chi connectivity index (χ3v) is 5.38. The summed E-state index contributed by atoms with van der Waals surface area (Å²) in [5, 5.41) is 11.7. The standard InChI is InChI=1S/C20H15NO4S2/c22-12-15-8-6-14(7-9-15)11-17-18(23)21(20(26)27-17)16(19(24)25)10-13-4-2-1-3-5-13/h1-9,11-12,16H,10H2,(H,24,25)/p-1/b17-11-/t16-/m0/s1. The topological polar surface area (TPSA) is 77.5 Å². The Labute approximate surface area is 165 Å². The number of aldehydes is 1. The Kier molecular flexibility index (Phi) is 5.83. The van der Waals surface area contributed by atoms with Crippen molar-refractivity contribution in [2.24, 2.45) is 0 Å². The molecule has 1 saturated heterocycles. The highest BCUT2D eigenvalue weighted by molar-refractivity contribution is 8.26. The van der Waals surface area contributed by atoms with Gasteiger partial charge < -0.3 is 9.90 Å². The molecule has 0 N–H and O–H groups in total. The number of carboxylic acids is 1. The molecule has 1 aliphatic rings. The van der Waals surface area contributed by atoms with Crippen molar-refractivity contribution >= 4 is 52.5 Å². The van der Waals surface area contributed by atoms with Gasteiger partial charge in [0.2, 0.25) is 0 Å². The first-order valence-corrected chi connectivity index (χ1v) is 9.29. The lowest BCUT2D eigenvalue weighted by molar-refractivity contribution is -0.310. The second-order valence-electron chi connectivity index (χ2n) is 5.86. The third-order valence-electron chi connectivity index (χ3n) is 4.05. The summed E-state index contributed by atoms with van der Waals surface area (Å²) in [4.78, 5) is 36.6. The Morgan fingerprint density at radius 3 is 2.33 bits per heavy atom. The number of thioether (sulfide) groups is 1. The molecule has 0 aromatic heterocycles. The highest BCUT2D eigenvalue weighted by Crippen LogP contribution is 2.34. The smallest absolute Gasteiger partial charge is 0.266 e. The van der Waals surface area contributed by atoms with Crippen LogP contribution in [-0.2, 0) is 16.0 Å². The zero-order valence-electron chi connectivity index (χ0n) is 14.0. The second-order valence-corrected chi connectivity index (χ2v) is 7.54. The monoisotopic (exact) mass is 396 g/mol. The van der Waals surface area contributed by atoms with E-state index in [1.54, 1.807) is 54.6 Å². The number of carbonyl (C=O) groups is 3. The molecule has 2 aromatic rings. The molecule has 0 saturated carbocycles. The number of hydrogen-bond donors (Lipinski definition) is 0. The van der Waals surface area contributed by atoms with E-state index in [2.05, 4.69) is 0 Å². The highest BCUT2D eigenvalue weighted by Gasteiger charge is 2.37. The Morgan fingerprint density at radius 2 is 1.74 bits per heavy atom. The number of nitrogens with zero attached hydrogens (tertiary/aromatic N) is 1. The summed E-state index contributed by atoms with van der Waals surface area (Å²) in [5.74, 6) is -1.82. The fourth-order valence-corrected chi connectivity index (χ4v) is 4.04. The van der Waals surface area contributed by atoms with Gasteiger partial charge in [0.25, 0.3) is 5.91 Å². The van der Waals surface area contributed by atoms with E-state index in [1.165, 1.54) is 0 Å². The summed E-state index contributed by atoms with van der Waals surface area (Å²) in [6.07, 6.45) is 2.47. The number of rotatable bonds is 6. The van der Waals surface area contributed by atoms with E-state index < -0.39 is 17.9 Å². The van der Waals surface area contributed by atoms with Crippen LogP contribution in [0.1, 0.15) is 21.5 Å². The number of benzene rings is 2. The maximum atomic E-state index is 12.8. The van der Waals surface area contributed by atoms with Gasteiger partial charge in [0.05, 0.1) is 16.9 Å². The summed E-state index contributed by atoms with van der Waals surface area (Å²) in [7, 11) is 0. The molecular formula is C20H14NO4S2-. The molecule has 7 heteroatoms. The van der Waals surface area contributed by atoms with Gasteiger partial charge in [-0.2, -0.15) is 0 Å². The normalized spacial score (nSPS) is 16.6. The molecule has 3 rings (SSSR count). The van der Waals surface area contributed by atoms with Crippen molar-refractivity contribution in [1.29, 1.82) is 0 Å². The van der Waals surface area contributed by atoms with Crippen molar-refractivity contribution in [3.8, 4) is 0 Å². The quantitative estimate of drug-likeness (QED) is 0.423. The fourth-order valence-electron chi connectivity index (χ4n) is 2.69. The van der Waals surface area contributed by atoms with Gasteiger partial charge in [0, 0.05) is 5.56 Å². The van der Waals surface area contributed by atoms with Crippen LogP contribution in [0.3, 0.4) is 0 Å². The van der Waals surface area contributed by atoms with E-state index in [1.807, 2.05) is 6.07 Å². The molecule has 1 atom stereocenters. The number of hydrogen-bond acceptors (Lipinski definition) is 6. The van der Waals surface area contributed by atoms with Crippen molar-refractivity contribution in [1.82, 2.24) is 4.90 Å². The maximum Gasteiger partial charge on any atom is 0.266 e. The lowest BCUT2D eigenvalue weighted by Gasteiger charge is -2.27. The Balaban J connectivity index is 1.85. The van der Waals surface area contributed by atoms with Crippen LogP contribution in [0.5, 0.6) is 0 Å². The summed E-state index contributed by atoms with van der Waals surface area (Å²) >= 11 is 6.30. The van der Waals surface area contributed by atoms with Crippen LogP contribution in [0.2, 0.25) is 0 Å². The minimum atomic E-state index is -1.35.